The van der Waals surface area contributed by atoms with E-state index in [0.717, 1.165) is 6.07 Å². The van der Waals surface area contributed by atoms with Gasteiger partial charge in [-0.05, 0) is 0 Å². The molecule has 0 aromatic heterocycles. The molecule has 0 saturated carbocycles. The molecule has 1 aliphatic heterocycles. The van der Waals surface area contributed by atoms with Crippen LogP contribution in [0.3, 0.4) is 0 Å². The maximum absolute atomic E-state index is 13.8. The summed E-state index contributed by atoms with van der Waals surface area (Å²) in [7, 11) is 0. The highest BCUT2D eigenvalue weighted by molar-refractivity contribution is 5.36. The first-order valence-corrected chi connectivity index (χ1v) is 5.94. The van der Waals surface area contributed by atoms with Gasteiger partial charge >= 0.3 is 5.69 Å². The number of nitrogens with one attached hydrogen (secondary N) is 1. The van der Waals surface area contributed by atoms with Crippen molar-refractivity contribution in [2.75, 3.05) is 19.8 Å². The van der Waals surface area contributed by atoms with Gasteiger partial charge in [-0.2, -0.15) is 4.39 Å². The predicted octanol–water partition coefficient (Wildman–Crippen LogP) is 0.975. The Balaban J connectivity index is 1.96. The molecule has 1 aromatic rings. The summed E-state index contributed by atoms with van der Waals surface area (Å²) in [4.78, 5) is 9.84. The fourth-order valence-corrected chi connectivity index (χ4v) is 2.01. The zero-order valence-corrected chi connectivity index (χ0v) is 10.3. The minimum Gasteiger partial charge on any atom is -0.386 e. The van der Waals surface area contributed by atoms with Gasteiger partial charge in [-0.25, -0.2) is 0 Å². The van der Waals surface area contributed by atoms with E-state index in [-0.39, 0.29) is 25.3 Å². The van der Waals surface area contributed by atoms with E-state index in [1.54, 1.807) is 0 Å². The number of rotatable bonds is 5. The van der Waals surface area contributed by atoms with Gasteiger partial charge in [0.15, 0.2) is 0 Å². The molecule has 0 bridgehead atoms. The summed E-state index contributed by atoms with van der Waals surface area (Å²) in [5.41, 5.74) is -1.27. The van der Waals surface area contributed by atoms with Gasteiger partial charge in [-0.3, -0.25) is 10.1 Å². The third-order valence-electron chi connectivity index (χ3n) is 3.11. The van der Waals surface area contributed by atoms with Crippen LogP contribution >= 0.6 is 0 Å². The highest BCUT2D eigenvalue weighted by atomic mass is 19.1. The van der Waals surface area contributed by atoms with Crippen molar-refractivity contribution in [2.45, 2.75) is 18.6 Å². The van der Waals surface area contributed by atoms with Crippen LogP contribution in [0.4, 0.5) is 10.1 Å². The molecule has 1 unspecified atom stereocenters. The number of nitrogens with zero attached hydrogens (tertiary/aromatic N) is 1. The molecule has 19 heavy (non-hydrogen) atoms. The number of hydrogen-bond acceptors (Lipinski definition) is 5. The minimum absolute atomic E-state index is 0.121. The molecular formula is C12H15FN2O4. The standard InChI is InChI=1S/C12H15FN2O4/c13-11-9(2-1-3-10(11)15(17)18)6-14-7-12(16)4-5-19-8-12/h1-3,14,16H,4-8H2. The molecule has 1 aliphatic rings. The number of aliphatic hydroxyl groups is 1. The van der Waals surface area contributed by atoms with Crippen molar-refractivity contribution in [2.24, 2.45) is 0 Å². The lowest BCUT2D eigenvalue weighted by Crippen LogP contribution is -2.40. The first kappa shape index (κ1) is 13.9. The molecule has 7 heteroatoms. The molecule has 1 saturated heterocycles. The van der Waals surface area contributed by atoms with Crippen molar-refractivity contribution in [3.63, 3.8) is 0 Å². The predicted molar refractivity (Wildman–Crippen MR) is 65.1 cm³/mol. The van der Waals surface area contributed by atoms with E-state index >= 15 is 0 Å². The van der Waals surface area contributed by atoms with Gasteiger partial charge in [0.05, 0.1) is 11.5 Å². The molecule has 0 amide bonds. The largest absolute Gasteiger partial charge is 0.386 e. The SMILES string of the molecule is O=[N+]([O-])c1cccc(CNCC2(O)CCOC2)c1F. The van der Waals surface area contributed by atoms with Crippen LogP contribution in [0.25, 0.3) is 0 Å². The maximum Gasteiger partial charge on any atom is 0.305 e. The van der Waals surface area contributed by atoms with Crippen molar-refractivity contribution in [1.82, 2.24) is 5.32 Å². The fourth-order valence-electron chi connectivity index (χ4n) is 2.01. The summed E-state index contributed by atoms with van der Waals surface area (Å²) in [6, 6.07) is 4.04. The third-order valence-corrected chi connectivity index (χ3v) is 3.11. The van der Waals surface area contributed by atoms with E-state index in [1.807, 2.05) is 0 Å². The first-order chi connectivity index (χ1) is 9.02. The average molecular weight is 270 g/mol. The van der Waals surface area contributed by atoms with E-state index in [4.69, 9.17) is 4.74 Å². The minimum atomic E-state index is -0.933. The van der Waals surface area contributed by atoms with Crippen molar-refractivity contribution >= 4 is 5.69 Å². The molecule has 6 nitrogen and oxygen atoms in total. The summed E-state index contributed by atoms with van der Waals surface area (Å²) in [6.45, 7) is 1.13. The lowest BCUT2D eigenvalue weighted by atomic mass is 10.0. The quantitative estimate of drug-likeness (QED) is 0.615. The number of nitro benzene ring substituents is 1. The van der Waals surface area contributed by atoms with E-state index in [1.165, 1.54) is 12.1 Å². The molecule has 2 rings (SSSR count). The van der Waals surface area contributed by atoms with E-state index < -0.39 is 22.0 Å². The Morgan fingerprint density at radius 2 is 2.37 bits per heavy atom. The molecule has 104 valence electrons. The molecule has 0 aliphatic carbocycles. The Hall–Kier alpha value is -1.57. The van der Waals surface area contributed by atoms with Gasteiger partial charge in [0, 0.05) is 37.7 Å². The Morgan fingerprint density at radius 3 is 3.00 bits per heavy atom. The zero-order valence-electron chi connectivity index (χ0n) is 10.3. The van der Waals surface area contributed by atoms with Crippen LogP contribution < -0.4 is 5.32 Å². The van der Waals surface area contributed by atoms with Crippen molar-refractivity contribution in [3.8, 4) is 0 Å². The normalized spacial score (nSPS) is 22.6. The third kappa shape index (κ3) is 3.25. The summed E-state index contributed by atoms with van der Waals surface area (Å²) < 4.78 is 18.8. The van der Waals surface area contributed by atoms with Crippen LogP contribution in [-0.2, 0) is 11.3 Å². The monoisotopic (exact) mass is 270 g/mol. The maximum atomic E-state index is 13.8. The van der Waals surface area contributed by atoms with Crippen LogP contribution in [0.2, 0.25) is 0 Å². The van der Waals surface area contributed by atoms with E-state index in [0.29, 0.717) is 13.0 Å². The highest BCUT2D eigenvalue weighted by Gasteiger charge is 2.31. The Kier molecular flexibility index (Phi) is 4.08. The molecule has 1 fully saturated rings. The number of ether oxygens (including phenoxy) is 1. The van der Waals surface area contributed by atoms with Crippen LogP contribution in [-0.4, -0.2) is 35.4 Å². The summed E-state index contributed by atoms with van der Waals surface area (Å²) >= 11 is 0. The Bertz CT molecular complexity index is 475. The summed E-state index contributed by atoms with van der Waals surface area (Å²) in [6.07, 6.45) is 0.525. The lowest BCUT2D eigenvalue weighted by Gasteiger charge is -2.20. The van der Waals surface area contributed by atoms with Crippen molar-refractivity contribution in [3.05, 3.63) is 39.7 Å². The number of hydrogen-bond donors (Lipinski definition) is 2. The van der Waals surface area contributed by atoms with Gasteiger partial charge in [0.25, 0.3) is 0 Å². The highest BCUT2D eigenvalue weighted by Crippen LogP contribution is 2.21. The topological polar surface area (TPSA) is 84.6 Å². The molecule has 1 heterocycles. The van der Waals surface area contributed by atoms with Crippen molar-refractivity contribution in [1.29, 1.82) is 0 Å². The number of halogens is 1. The fraction of sp³-hybridized carbons (Fsp3) is 0.500. The molecule has 1 aromatic carbocycles. The molecular weight excluding hydrogens is 255 g/mol. The molecule has 2 N–H and O–H groups in total. The van der Waals surface area contributed by atoms with Crippen LogP contribution in [0, 0.1) is 15.9 Å². The second-order valence-electron chi connectivity index (χ2n) is 4.64. The van der Waals surface area contributed by atoms with Gasteiger partial charge < -0.3 is 15.2 Å². The average Bonchev–Trinajstić information content (AvgIpc) is 2.78. The smallest absolute Gasteiger partial charge is 0.305 e. The Morgan fingerprint density at radius 1 is 1.58 bits per heavy atom. The number of benzene rings is 1. The van der Waals surface area contributed by atoms with Crippen LogP contribution in [0.15, 0.2) is 18.2 Å². The lowest BCUT2D eigenvalue weighted by molar-refractivity contribution is -0.387. The van der Waals surface area contributed by atoms with Gasteiger partial charge in [-0.1, -0.05) is 12.1 Å². The van der Waals surface area contributed by atoms with Crippen LogP contribution in [0.5, 0.6) is 0 Å². The zero-order chi connectivity index (χ0) is 13.9. The number of nitro groups is 1. The van der Waals surface area contributed by atoms with Gasteiger partial charge in [-0.15, -0.1) is 0 Å². The van der Waals surface area contributed by atoms with E-state index in [2.05, 4.69) is 5.32 Å². The van der Waals surface area contributed by atoms with Gasteiger partial charge in [0.2, 0.25) is 5.82 Å². The second kappa shape index (κ2) is 5.60. The second-order valence-corrected chi connectivity index (χ2v) is 4.64. The molecule has 0 spiro atoms. The van der Waals surface area contributed by atoms with Crippen molar-refractivity contribution < 1.29 is 19.2 Å². The van der Waals surface area contributed by atoms with Gasteiger partial charge in [0.1, 0.15) is 5.60 Å². The van der Waals surface area contributed by atoms with Crippen LogP contribution in [0.1, 0.15) is 12.0 Å². The summed E-state index contributed by atoms with van der Waals surface area (Å²) in [5.74, 6) is -0.838. The van der Waals surface area contributed by atoms with E-state index in [9.17, 15) is 19.6 Å². The molecule has 1 atom stereocenters. The summed E-state index contributed by atoms with van der Waals surface area (Å²) in [5, 5.41) is 23.5. The first-order valence-electron chi connectivity index (χ1n) is 5.94. The Labute approximate surface area is 109 Å². The molecule has 0 radical (unpaired) electrons.